The van der Waals surface area contributed by atoms with Crippen LogP contribution in [0.2, 0.25) is 0 Å². The number of anilines is 1. The molecule has 0 amide bonds. The lowest BCUT2D eigenvalue weighted by atomic mass is 10.2. The minimum absolute atomic E-state index is 0.279. The van der Waals surface area contributed by atoms with Gasteiger partial charge < -0.3 is 14.8 Å². The number of aromatic nitrogens is 2. The van der Waals surface area contributed by atoms with E-state index in [4.69, 9.17) is 9.47 Å². The quantitative estimate of drug-likeness (QED) is 0.825. The predicted molar refractivity (Wildman–Crippen MR) is 79.6 cm³/mol. The fourth-order valence-corrected chi connectivity index (χ4v) is 2.39. The van der Waals surface area contributed by atoms with E-state index in [1.165, 1.54) is 0 Å². The van der Waals surface area contributed by atoms with E-state index in [1.54, 1.807) is 6.20 Å². The third kappa shape index (κ3) is 2.44. The van der Waals surface area contributed by atoms with Gasteiger partial charge in [-0.05, 0) is 34.7 Å². The molecule has 1 atom stereocenters. The number of ether oxygens (including phenoxy) is 2. The minimum atomic E-state index is -0.279. The summed E-state index contributed by atoms with van der Waals surface area (Å²) in [6, 6.07) is 7.61. The average Bonchev–Trinajstić information content (AvgIpc) is 2.47. The van der Waals surface area contributed by atoms with Gasteiger partial charge in [-0.1, -0.05) is 12.1 Å². The number of fused-ring (bicyclic) bond motifs is 1. The smallest absolute Gasteiger partial charge is 0.192 e. The van der Waals surface area contributed by atoms with Crippen molar-refractivity contribution in [1.82, 2.24) is 9.97 Å². The van der Waals surface area contributed by atoms with Gasteiger partial charge in [0.15, 0.2) is 23.4 Å². The molecule has 3 rings (SSSR count). The summed E-state index contributed by atoms with van der Waals surface area (Å²) in [5.74, 6) is 2.91. The van der Waals surface area contributed by atoms with Gasteiger partial charge in [-0.2, -0.15) is 0 Å². The maximum absolute atomic E-state index is 5.88. The molecule has 0 bridgehead atoms. The van der Waals surface area contributed by atoms with Crippen molar-refractivity contribution in [2.75, 3.05) is 19.0 Å². The molecule has 2 aromatic rings. The Hall–Kier alpha value is -1.57. The molecule has 0 saturated heterocycles. The van der Waals surface area contributed by atoms with E-state index in [0.29, 0.717) is 12.4 Å². The van der Waals surface area contributed by atoms with Crippen molar-refractivity contribution < 1.29 is 9.47 Å². The van der Waals surface area contributed by atoms with Crippen molar-refractivity contribution in [2.24, 2.45) is 0 Å². The van der Waals surface area contributed by atoms with Crippen molar-refractivity contribution in [3.05, 3.63) is 39.9 Å². The first-order chi connectivity index (χ1) is 9.28. The molecule has 98 valence electrons. The van der Waals surface area contributed by atoms with Crippen LogP contribution in [0, 0.1) is 3.57 Å². The molecule has 1 aliphatic rings. The second kappa shape index (κ2) is 5.20. The zero-order valence-electron chi connectivity index (χ0n) is 10.3. The SMILES string of the molecule is CNc1nc(C2COc3ccccc3O2)ncc1I. The minimum Gasteiger partial charge on any atom is -0.485 e. The third-order valence-corrected chi connectivity index (χ3v) is 3.59. The first kappa shape index (κ1) is 12.5. The number of nitrogens with zero attached hydrogens (tertiary/aromatic N) is 2. The molecule has 6 heteroatoms. The second-order valence-electron chi connectivity index (χ2n) is 4.04. The molecule has 0 fully saturated rings. The monoisotopic (exact) mass is 369 g/mol. The highest BCUT2D eigenvalue weighted by Crippen LogP contribution is 2.35. The highest BCUT2D eigenvalue weighted by atomic mass is 127. The van der Waals surface area contributed by atoms with Crippen LogP contribution in [-0.2, 0) is 0 Å². The number of rotatable bonds is 2. The molecule has 19 heavy (non-hydrogen) atoms. The molecule has 0 aliphatic carbocycles. The number of halogens is 1. The zero-order valence-corrected chi connectivity index (χ0v) is 12.4. The summed E-state index contributed by atoms with van der Waals surface area (Å²) in [7, 11) is 1.84. The Morgan fingerprint density at radius 2 is 2.11 bits per heavy atom. The zero-order chi connectivity index (χ0) is 13.2. The first-order valence-electron chi connectivity index (χ1n) is 5.86. The number of hydrogen-bond donors (Lipinski definition) is 1. The van der Waals surface area contributed by atoms with E-state index in [-0.39, 0.29) is 6.10 Å². The van der Waals surface area contributed by atoms with E-state index in [9.17, 15) is 0 Å². The summed E-state index contributed by atoms with van der Waals surface area (Å²) < 4.78 is 12.5. The molecule has 1 aliphatic heterocycles. The van der Waals surface area contributed by atoms with E-state index >= 15 is 0 Å². The van der Waals surface area contributed by atoms with Gasteiger partial charge in [0.25, 0.3) is 0 Å². The molecule has 2 heterocycles. The maximum Gasteiger partial charge on any atom is 0.192 e. The lowest BCUT2D eigenvalue weighted by Gasteiger charge is -2.25. The van der Waals surface area contributed by atoms with Gasteiger partial charge in [-0.15, -0.1) is 0 Å². The van der Waals surface area contributed by atoms with Crippen molar-refractivity contribution in [1.29, 1.82) is 0 Å². The van der Waals surface area contributed by atoms with Gasteiger partial charge in [0.2, 0.25) is 0 Å². The Labute approximate surface area is 124 Å². The van der Waals surface area contributed by atoms with E-state index in [0.717, 1.165) is 20.9 Å². The Kier molecular flexibility index (Phi) is 3.41. The summed E-state index contributed by atoms with van der Waals surface area (Å²) in [5, 5.41) is 3.04. The number of para-hydroxylation sites is 2. The molecular formula is C13H12IN3O2. The lowest BCUT2D eigenvalue weighted by Crippen LogP contribution is -2.23. The van der Waals surface area contributed by atoms with Gasteiger partial charge in [0, 0.05) is 13.2 Å². The maximum atomic E-state index is 5.88. The van der Waals surface area contributed by atoms with E-state index in [1.807, 2.05) is 31.3 Å². The highest BCUT2D eigenvalue weighted by Gasteiger charge is 2.25. The third-order valence-electron chi connectivity index (χ3n) is 2.80. The normalized spacial score (nSPS) is 17.1. The van der Waals surface area contributed by atoms with Crippen LogP contribution in [0.25, 0.3) is 0 Å². The molecule has 1 aromatic heterocycles. The highest BCUT2D eigenvalue weighted by molar-refractivity contribution is 14.1. The summed E-state index contributed by atoms with van der Waals surface area (Å²) in [5.41, 5.74) is 0. The van der Waals surface area contributed by atoms with Crippen molar-refractivity contribution >= 4 is 28.4 Å². The number of hydrogen-bond acceptors (Lipinski definition) is 5. The Bertz CT molecular complexity index is 606. The van der Waals surface area contributed by atoms with E-state index in [2.05, 4.69) is 37.9 Å². The van der Waals surface area contributed by atoms with Crippen LogP contribution < -0.4 is 14.8 Å². The molecule has 0 spiro atoms. The van der Waals surface area contributed by atoms with Crippen LogP contribution in [0.5, 0.6) is 11.5 Å². The summed E-state index contributed by atoms with van der Waals surface area (Å²) in [6.45, 7) is 0.417. The van der Waals surface area contributed by atoms with Crippen LogP contribution in [0.3, 0.4) is 0 Å². The van der Waals surface area contributed by atoms with Crippen LogP contribution in [0.4, 0.5) is 5.82 Å². The van der Waals surface area contributed by atoms with Gasteiger partial charge >= 0.3 is 0 Å². The van der Waals surface area contributed by atoms with Gasteiger partial charge in [-0.25, -0.2) is 9.97 Å². The Morgan fingerprint density at radius 1 is 1.32 bits per heavy atom. The van der Waals surface area contributed by atoms with Crippen molar-refractivity contribution in [3.8, 4) is 11.5 Å². The largest absolute Gasteiger partial charge is 0.485 e. The molecular weight excluding hydrogens is 357 g/mol. The molecule has 1 unspecified atom stereocenters. The summed E-state index contributed by atoms with van der Waals surface area (Å²) in [4.78, 5) is 8.77. The topological polar surface area (TPSA) is 56.3 Å². The molecule has 5 nitrogen and oxygen atoms in total. The molecule has 0 saturated carbocycles. The standard InChI is InChI=1S/C13H12IN3O2/c1-15-12-8(14)6-16-13(17-12)11-7-18-9-4-2-3-5-10(9)19-11/h2-6,11H,7H2,1H3,(H,15,16,17). The molecule has 0 radical (unpaired) electrons. The van der Waals surface area contributed by atoms with Gasteiger partial charge in [0.05, 0.1) is 3.57 Å². The second-order valence-corrected chi connectivity index (χ2v) is 5.20. The number of nitrogens with one attached hydrogen (secondary N) is 1. The van der Waals surface area contributed by atoms with Gasteiger partial charge in [0.1, 0.15) is 12.4 Å². The summed E-state index contributed by atoms with van der Waals surface area (Å²) >= 11 is 2.19. The average molecular weight is 369 g/mol. The predicted octanol–water partition coefficient (Wildman–Crippen LogP) is 2.64. The van der Waals surface area contributed by atoms with Crippen molar-refractivity contribution in [2.45, 2.75) is 6.10 Å². The van der Waals surface area contributed by atoms with Crippen LogP contribution in [-0.4, -0.2) is 23.6 Å². The van der Waals surface area contributed by atoms with Gasteiger partial charge in [-0.3, -0.25) is 0 Å². The fraction of sp³-hybridized carbons (Fsp3) is 0.231. The first-order valence-corrected chi connectivity index (χ1v) is 6.94. The Balaban J connectivity index is 1.89. The Morgan fingerprint density at radius 3 is 2.89 bits per heavy atom. The van der Waals surface area contributed by atoms with Crippen molar-refractivity contribution in [3.63, 3.8) is 0 Å². The summed E-state index contributed by atoms with van der Waals surface area (Å²) in [6.07, 6.45) is 1.50. The lowest BCUT2D eigenvalue weighted by molar-refractivity contribution is 0.0851. The van der Waals surface area contributed by atoms with E-state index < -0.39 is 0 Å². The number of benzene rings is 1. The molecule has 1 N–H and O–H groups in total. The fourth-order valence-electron chi connectivity index (χ4n) is 1.86. The molecule has 1 aromatic carbocycles. The van der Waals surface area contributed by atoms with Crippen LogP contribution in [0.15, 0.2) is 30.5 Å². The van der Waals surface area contributed by atoms with Crippen LogP contribution >= 0.6 is 22.6 Å². The van der Waals surface area contributed by atoms with Crippen LogP contribution in [0.1, 0.15) is 11.9 Å².